The molecule has 6 nitrogen and oxygen atoms in total. The van der Waals surface area contributed by atoms with E-state index in [1.807, 2.05) is 11.4 Å². The standard InChI is InChI=1S/C16H13F4N3O3/c17-10-3-8(4-11(18)12(10)16(7-21)1-2-16)23-6-9(26-15(23)25)5-22-14(24)13(19)20/h3-4,9,13H,1-2,5-6H2,(H,22,24)/t9-/m0/s1. The Kier molecular flexibility index (Phi) is 4.48. The fourth-order valence-corrected chi connectivity index (χ4v) is 2.85. The minimum absolute atomic E-state index is 0.120. The Labute approximate surface area is 145 Å². The Morgan fingerprint density at radius 3 is 2.50 bits per heavy atom. The summed E-state index contributed by atoms with van der Waals surface area (Å²) in [5.41, 5.74) is -1.61. The lowest BCUT2D eigenvalue weighted by atomic mass is 9.96. The third kappa shape index (κ3) is 3.16. The predicted molar refractivity (Wildman–Crippen MR) is 79.5 cm³/mol. The van der Waals surface area contributed by atoms with Crippen LogP contribution in [0.1, 0.15) is 18.4 Å². The lowest BCUT2D eigenvalue weighted by Crippen LogP contribution is -2.37. The van der Waals surface area contributed by atoms with E-state index in [0.29, 0.717) is 12.8 Å². The first-order chi connectivity index (χ1) is 12.3. The predicted octanol–water partition coefficient (Wildman–Crippen LogP) is 2.23. The molecule has 1 heterocycles. The summed E-state index contributed by atoms with van der Waals surface area (Å²) in [6.45, 7) is -0.532. The topological polar surface area (TPSA) is 82.4 Å². The van der Waals surface area contributed by atoms with Crippen LogP contribution >= 0.6 is 0 Å². The molecular formula is C16H13F4N3O3. The number of carbonyl (C=O) groups is 2. The Bertz CT molecular complexity index is 781. The van der Waals surface area contributed by atoms with Gasteiger partial charge in [-0.25, -0.2) is 13.6 Å². The SMILES string of the molecule is N#CC1(c2c(F)cc(N3C[C@H](CNC(=O)C(F)F)OC3=O)cc2F)CC1. The molecule has 0 bridgehead atoms. The second-order valence-electron chi connectivity index (χ2n) is 6.14. The second kappa shape index (κ2) is 6.48. The lowest BCUT2D eigenvalue weighted by Gasteiger charge is -2.16. The van der Waals surface area contributed by atoms with Crippen molar-refractivity contribution in [2.45, 2.75) is 30.8 Å². The van der Waals surface area contributed by atoms with Gasteiger partial charge in [0.1, 0.15) is 17.7 Å². The second-order valence-corrected chi connectivity index (χ2v) is 6.14. The monoisotopic (exact) mass is 371 g/mol. The molecule has 0 unspecified atom stereocenters. The normalized spacial score (nSPS) is 20.7. The van der Waals surface area contributed by atoms with Crippen molar-refractivity contribution in [2.24, 2.45) is 0 Å². The number of nitriles is 1. The molecule has 0 radical (unpaired) electrons. The van der Waals surface area contributed by atoms with Gasteiger partial charge in [-0.3, -0.25) is 9.69 Å². The van der Waals surface area contributed by atoms with Crippen LogP contribution in [0.3, 0.4) is 0 Å². The van der Waals surface area contributed by atoms with E-state index < -0.39 is 41.6 Å². The number of benzene rings is 1. The van der Waals surface area contributed by atoms with Gasteiger partial charge >= 0.3 is 12.5 Å². The number of nitrogens with zero attached hydrogens (tertiary/aromatic N) is 2. The van der Waals surface area contributed by atoms with Crippen LogP contribution in [0, 0.1) is 23.0 Å². The number of halogens is 4. The van der Waals surface area contributed by atoms with Gasteiger partial charge in [-0.1, -0.05) is 0 Å². The van der Waals surface area contributed by atoms with Crippen LogP contribution in [0.5, 0.6) is 0 Å². The fourth-order valence-electron chi connectivity index (χ4n) is 2.85. The van der Waals surface area contributed by atoms with E-state index in [1.54, 1.807) is 0 Å². The molecule has 1 aliphatic carbocycles. The number of rotatable bonds is 5. The highest BCUT2D eigenvalue weighted by molar-refractivity contribution is 5.90. The molecule has 0 spiro atoms. The Hall–Kier alpha value is -2.83. The number of hydrogen-bond acceptors (Lipinski definition) is 4. The highest BCUT2D eigenvalue weighted by atomic mass is 19.3. The van der Waals surface area contributed by atoms with Gasteiger partial charge in [-0.05, 0) is 25.0 Å². The van der Waals surface area contributed by atoms with Crippen molar-refractivity contribution in [3.05, 3.63) is 29.3 Å². The molecule has 2 fully saturated rings. The Morgan fingerprint density at radius 2 is 2.00 bits per heavy atom. The van der Waals surface area contributed by atoms with Crippen molar-refractivity contribution in [2.75, 3.05) is 18.0 Å². The van der Waals surface area contributed by atoms with Crippen molar-refractivity contribution >= 4 is 17.7 Å². The van der Waals surface area contributed by atoms with Crippen LogP contribution in [-0.4, -0.2) is 37.6 Å². The van der Waals surface area contributed by atoms with Crippen LogP contribution in [0.25, 0.3) is 0 Å². The highest BCUT2D eigenvalue weighted by Gasteiger charge is 2.49. The zero-order chi connectivity index (χ0) is 19.1. The summed E-state index contributed by atoms with van der Waals surface area (Å²) in [5.74, 6) is -3.39. The van der Waals surface area contributed by atoms with Crippen LogP contribution in [0.15, 0.2) is 12.1 Å². The molecule has 1 N–H and O–H groups in total. The van der Waals surface area contributed by atoms with Gasteiger partial charge in [0.15, 0.2) is 0 Å². The smallest absolute Gasteiger partial charge is 0.414 e. The minimum atomic E-state index is -3.20. The van der Waals surface area contributed by atoms with Crippen molar-refractivity contribution < 1.29 is 31.9 Å². The molecule has 1 aromatic rings. The summed E-state index contributed by atoms with van der Waals surface area (Å²) in [6, 6.07) is 3.76. The zero-order valence-corrected chi connectivity index (χ0v) is 13.3. The number of ether oxygens (including phenoxy) is 1. The molecule has 3 rings (SSSR count). The number of nitrogens with one attached hydrogen (secondary N) is 1. The molecule has 2 aliphatic rings. The maximum absolute atomic E-state index is 14.3. The largest absolute Gasteiger partial charge is 0.442 e. The number of alkyl halides is 2. The van der Waals surface area contributed by atoms with Gasteiger partial charge in [0.25, 0.3) is 5.91 Å². The van der Waals surface area contributed by atoms with E-state index in [-0.39, 0.29) is 24.3 Å². The summed E-state index contributed by atoms with van der Waals surface area (Å²) in [7, 11) is 0. The van der Waals surface area contributed by atoms with E-state index in [4.69, 9.17) is 10.00 Å². The van der Waals surface area contributed by atoms with E-state index in [2.05, 4.69) is 0 Å². The quantitative estimate of drug-likeness (QED) is 0.805. The molecule has 2 amide bonds. The van der Waals surface area contributed by atoms with Gasteiger partial charge in [-0.15, -0.1) is 0 Å². The number of amides is 2. The molecule has 138 valence electrons. The van der Waals surface area contributed by atoms with Crippen molar-refractivity contribution in [3.63, 3.8) is 0 Å². The first kappa shape index (κ1) is 18.0. The Morgan fingerprint density at radius 1 is 1.38 bits per heavy atom. The van der Waals surface area contributed by atoms with Gasteiger partial charge < -0.3 is 10.1 Å². The third-order valence-electron chi connectivity index (χ3n) is 4.36. The summed E-state index contributed by atoms with van der Waals surface area (Å²) < 4.78 is 57.9. The average Bonchev–Trinajstić information content (AvgIpc) is 3.27. The number of carbonyl (C=O) groups excluding carboxylic acids is 2. The van der Waals surface area contributed by atoms with Gasteiger partial charge in [-0.2, -0.15) is 14.0 Å². The minimum Gasteiger partial charge on any atom is -0.442 e. The van der Waals surface area contributed by atoms with E-state index in [0.717, 1.165) is 17.0 Å². The van der Waals surface area contributed by atoms with Crippen LogP contribution in [0.2, 0.25) is 0 Å². The Balaban J connectivity index is 1.75. The molecule has 0 aromatic heterocycles. The summed E-state index contributed by atoms with van der Waals surface area (Å²) in [6.07, 6.45) is -4.35. The van der Waals surface area contributed by atoms with Crippen molar-refractivity contribution in [1.29, 1.82) is 5.26 Å². The zero-order valence-electron chi connectivity index (χ0n) is 13.3. The number of anilines is 1. The third-order valence-corrected chi connectivity index (χ3v) is 4.36. The van der Waals surface area contributed by atoms with Gasteiger partial charge in [0, 0.05) is 5.56 Å². The summed E-state index contributed by atoms with van der Waals surface area (Å²) in [4.78, 5) is 23.7. The molecule has 10 heteroatoms. The first-order valence-corrected chi connectivity index (χ1v) is 7.72. The lowest BCUT2D eigenvalue weighted by molar-refractivity contribution is -0.132. The van der Waals surface area contributed by atoms with E-state index in [9.17, 15) is 27.2 Å². The van der Waals surface area contributed by atoms with Crippen LogP contribution in [0.4, 0.5) is 28.0 Å². The highest BCUT2D eigenvalue weighted by Crippen LogP contribution is 2.50. The first-order valence-electron chi connectivity index (χ1n) is 7.72. The molecule has 1 saturated heterocycles. The average molecular weight is 371 g/mol. The molecule has 1 aromatic carbocycles. The molecular weight excluding hydrogens is 358 g/mol. The van der Waals surface area contributed by atoms with Crippen LogP contribution in [-0.2, 0) is 14.9 Å². The van der Waals surface area contributed by atoms with Crippen LogP contribution < -0.4 is 10.2 Å². The summed E-state index contributed by atoms with van der Waals surface area (Å²) in [5, 5.41) is 11.0. The van der Waals surface area contributed by atoms with E-state index in [1.165, 1.54) is 0 Å². The van der Waals surface area contributed by atoms with E-state index >= 15 is 0 Å². The molecule has 1 aliphatic heterocycles. The fraction of sp³-hybridized carbons (Fsp3) is 0.438. The summed E-state index contributed by atoms with van der Waals surface area (Å²) >= 11 is 0. The maximum atomic E-state index is 14.3. The molecule has 1 atom stereocenters. The molecule has 1 saturated carbocycles. The maximum Gasteiger partial charge on any atom is 0.414 e. The van der Waals surface area contributed by atoms with Gasteiger partial charge in [0.05, 0.1) is 30.3 Å². The number of cyclic esters (lactones) is 1. The van der Waals surface area contributed by atoms with Gasteiger partial charge in [0.2, 0.25) is 0 Å². The van der Waals surface area contributed by atoms with Crippen molar-refractivity contribution in [3.8, 4) is 6.07 Å². The number of hydrogen-bond donors (Lipinski definition) is 1. The van der Waals surface area contributed by atoms with Crippen molar-refractivity contribution in [1.82, 2.24) is 5.32 Å². The molecule has 26 heavy (non-hydrogen) atoms.